The zero-order chi connectivity index (χ0) is 18.3. The number of carboxylic acid groups (broad SMARTS) is 2. The Labute approximate surface area is 132 Å². The molecular formula is C16H30O6. The van der Waals surface area contributed by atoms with Crippen LogP contribution in [0.5, 0.6) is 0 Å². The molecule has 0 aromatic heterocycles. The Morgan fingerprint density at radius 2 is 1.00 bits per heavy atom. The van der Waals surface area contributed by atoms with E-state index in [-0.39, 0.29) is 24.4 Å². The summed E-state index contributed by atoms with van der Waals surface area (Å²) in [4.78, 5) is 19.2. The molecule has 0 saturated carbocycles. The van der Waals surface area contributed by atoms with Gasteiger partial charge in [0.2, 0.25) is 0 Å². The van der Waals surface area contributed by atoms with Crippen LogP contribution in [0.2, 0.25) is 0 Å². The lowest BCUT2D eigenvalue weighted by atomic mass is 9.99. The van der Waals surface area contributed by atoms with Gasteiger partial charge in [0.1, 0.15) is 0 Å². The second-order valence-electron chi connectivity index (χ2n) is 5.32. The molecular weight excluding hydrogens is 288 g/mol. The van der Waals surface area contributed by atoms with Crippen molar-refractivity contribution < 1.29 is 30.0 Å². The molecule has 6 heteroatoms. The first-order chi connectivity index (χ1) is 9.99. The molecule has 0 bridgehead atoms. The van der Waals surface area contributed by atoms with Gasteiger partial charge < -0.3 is 20.4 Å². The zero-order valence-electron chi connectivity index (χ0n) is 14.0. The molecule has 0 aliphatic heterocycles. The highest BCUT2D eigenvalue weighted by molar-refractivity contribution is 5.85. The van der Waals surface area contributed by atoms with Gasteiger partial charge in [-0.1, -0.05) is 27.0 Å². The number of carboxylic acids is 2. The van der Waals surface area contributed by atoms with Crippen molar-refractivity contribution in [1.29, 1.82) is 0 Å². The maximum atomic E-state index is 9.60. The molecule has 0 radical (unpaired) electrons. The van der Waals surface area contributed by atoms with Gasteiger partial charge in [-0.3, -0.25) is 0 Å². The average Bonchev–Trinajstić information content (AvgIpc) is 2.45. The Morgan fingerprint density at radius 1 is 0.818 bits per heavy atom. The van der Waals surface area contributed by atoms with Crippen LogP contribution >= 0.6 is 0 Å². The molecule has 0 heterocycles. The maximum absolute atomic E-state index is 9.60. The van der Waals surface area contributed by atoms with Crippen molar-refractivity contribution in [2.24, 2.45) is 11.8 Å². The lowest BCUT2D eigenvalue weighted by Crippen LogP contribution is -2.06. The Kier molecular flexibility index (Phi) is 18.1. The van der Waals surface area contributed by atoms with E-state index in [0.29, 0.717) is 11.8 Å². The minimum atomic E-state index is -0.935. The van der Waals surface area contributed by atoms with Gasteiger partial charge in [-0.05, 0) is 38.5 Å². The van der Waals surface area contributed by atoms with E-state index in [4.69, 9.17) is 20.4 Å². The summed E-state index contributed by atoms with van der Waals surface area (Å²) < 4.78 is 0. The Hall–Kier alpha value is -1.66. The minimum Gasteiger partial charge on any atom is -0.478 e. The van der Waals surface area contributed by atoms with Crippen LogP contribution in [-0.4, -0.2) is 45.6 Å². The summed E-state index contributed by atoms with van der Waals surface area (Å²) in [7, 11) is 0. The maximum Gasteiger partial charge on any atom is 0.330 e. The van der Waals surface area contributed by atoms with Crippen LogP contribution in [0.25, 0.3) is 0 Å². The lowest BCUT2D eigenvalue weighted by molar-refractivity contribution is -0.133. The standard InChI is InChI=1S/C8H18O2.2C4H6O2/c1-7(5-9)3-4-8(2)6-10;2*1-3(2)4(5)6/h7-10H,3-6H2,1-2H3;2*1H2,2H3,(H,5,6). The summed E-state index contributed by atoms with van der Waals surface area (Å²) in [5.41, 5.74) is 0.352. The van der Waals surface area contributed by atoms with Gasteiger partial charge in [0.05, 0.1) is 0 Å². The second-order valence-corrected chi connectivity index (χ2v) is 5.32. The van der Waals surface area contributed by atoms with Crippen LogP contribution in [-0.2, 0) is 9.59 Å². The third-order valence-corrected chi connectivity index (χ3v) is 2.51. The fourth-order valence-electron chi connectivity index (χ4n) is 0.752. The number of rotatable bonds is 7. The summed E-state index contributed by atoms with van der Waals surface area (Å²) in [6.45, 7) is 13.8. The molecule has 0 spiro atoms. The first-order valence-corrected chi connectivity index (χ1v) is 6.98. The molecule has 0 aliphatic rings. The van der Waals surface area contributed by atoms with Crippen molar-refractivity contribution >= 4 is 11.9 Å². The fraction of sp³-hybridized carbons (Fsp3) is 0.625. The lowest BCUT2D eigenvalue weighted by Gasteiger charge is -2.10. The summed E-state index contributed by atoms with van der Waals surface area (Å²) in [5.74, 6) is -1.10. The second kappa shape index (κ2) is 15.7. The highest BCUT2D eigenvalue weighted by Crippen LogP contribution is 2.10. The number of hydrogen-bond donors (Lipinski definition) is 4. The summed E-state index contributed by atoms with van der Waals surface area (Å²) >= 11 is 0. The number of aliphatic hydroxyl groups is 2. The molecule has 0 amide bonds. The van der Waals surface area contributed by atoms with E-state index < -0.39 is 11.9 Å². The quantitative estimate of drug-likeness (QED) is 0.535. The van der Waals surface area contributed by atoms with Gasteiger partial charge in [-0.15, -0.1) is 0 Å². The molecule has 2 unspecified atom stereocenters. The van der Waals surface area contributed by atoms with Crippen molar-refractivity contribution in [2.45, 2.75) is 40.5 Å². The predicted molar refractivity (Wildman–Crippen MR) is 86.6 cm³/mol. The number of carbonyl (C=O) groups is 2. The molecule has 130 valence electrons. The van der Waals surface area contributed by atoms with Gasteiger partial charge >= 0.3 is 11.9 Å². The summed E-state index contributed by atoms with van der Waals surface area (Å²) in [5, 5.41) is 33.1. The van der Waals surface area contributed by atoms with Crippen molar-refractivity contribution in [3.63, 3.8) is 0 Å². The molecule has 4 N–H and O–H groups in total. The molecule has 0 fully saturated rings. The zero-order valence-corrected chi connectivity index (χ0v) is 14.0. The van der Waals surface area contributed by atoms with E-state index in [1.807, 2.05) is 13.8 Å². The van der Waals surface area contributed by atoms with Crippen LogP contribution in [0.4, 0.5) is 0 Å². The largest absolute Gasteiger partial charge is 0.478 e. The van der Waals surface area contributed by atoms with Crippen LogP contribution in [0, 0.1) is 11.8 Å². The predicted octanol–water partition coefficient (Wildman–Crippen LogP) is 2.32. The van der Waals surface area contributed by atoms with Crippen molar-refractivity contribution in [1.82, 2.24) is 0 Å². The molecule has 0 aromatic carbocycles. The van der Waals surface area contributed by atoms with E-state index in [1.54, 1.807) is 0 Å². The normalized spacial score (nSPS) is 11.7. The molecule has 6 nitrogen and oxygen atoms in total. The molecule has 0 rings (SSSR count). The molecule has 0 aromatic rings. The van der Waals surface area contributed by atoms with E-state index in [0.717, 1.165) is 12.8 Å². The monoisotopic (exact) mass is 318 g/mol. The average molecular weight is 318 g/mol. The highest BCUT2D eigenvalue weighted by atomic mass is 16.4. The van der Waals surface area contributed by atoms with E-state index in [2.05, 4.69) is 13.2 Å². The van der Waals surface area contributed by atoms with Crippen LogP contribution < -0.4 is 0 Å². The Morgan fingerprint density at radius 3 is 1.09 bits per heavy atom. The van der Waals surface area contributed by atoms with Crippen molar-refractivity contribution in [3.8, 4) is 0 Å². The third-order valence-electron chi connectivity index (χ3n) is 2.51. The van der Waals surface area contributed by atoms with Crippen LogP contribution in [0.3, 0.4) is 0 Å². The van der Waals surface area contributed by atoms with Crippen LogP contribution in [0.1, 0.15) is 40.5 Å². The number of aliphatic hydroxyl groups excluding tert-OH is 2. The molecule has 22 heavy (non-hydrogen) atoms. The van der Waals surface area contributed by atoms with Crippen molar-refractivity contribution in [2.75, 3.05) is 13.2 Å². The highest BCUT2D eigenvalue weighted by Gasteiger charge is 2.03. The van der Waals surface area contributed by atoms with E-state index in [1.165, 1.54) is 13.8 Å². The van der Waals surface area contributed by atoms with Crippen LogP contribution in [0.15, 0.2) is 24.3 Å². The third kappa shape index (κ3) is 23.4. The number of aliphatic carboxylic acids is 2. The molecule has 0 aliphatic carbocycles. The van der Waals surface area contributed by atoms with Gasteiger partial charge in [-0.2, -0.15) is 0 Å². The smallest absolute Gasteiger partial charge is 0.330 e. The minimum absolute atomic E-state index is 0.176. The SMILES string of the molecule is C=C(C)C(=O)O.C=C(C)C(=O)O.CC(CO)CCC(C)CO. The summed E-state index contributed by atoms with van der Waals surface area (Å²) in [6.07, 6.45) is 2.02. The molecule has 0 saturated heterocycles. The topological polar surface area (TPSA) is 115 Å². The van der Waals surface area contributed by atoms with Gasteiger partial charge in [-0.25, -0.2) is 9.59 Å². The first kappa shape index (κ1) is 25.3. The Bertz CT molecular complexity index is 291. The van der Waals surface area contributed by atoms with Crippen molar-refractivity contribution in [3.05, 3.63) is 24.3 Å². The molecule has 2 atom stereocenters. The van der Waals surface area contributed by atoms with Gasteiger partial charge in [0, 0.05) is 24.4 Å². The van der Waals surface area contributed by atoms with E-state index in [9.17, 15) is 9.59 Å². The number of hydrogen-bond acceptors (Lipinski definition) is 4. The van der Waals surface area contributed by atoms with Gasteiger partial charge in [0.15, 0.2) is 0 Å². The van der Waals surface area contributed by atoms with Gasteiger partial charge in [0.25, 0.3) is 0 Å². The fourth-order valence-corrected chi connectivity index (χ4v) is 0.752. The van der Waals surface area contributed by atoms with E-state index >= 15 is 0 Å². The Balaban J connectivity index is -0.000000261. The first-order valence-electron chi connectivity index (χ1n) is 6.98. The summed E-state index contributed by atoms with van der Waals surface area (Å²) in [6, 6.07) is 0.